The van der Waals surface area contributed by atoms with E-state index in [1.54, 1.807) is 51.5 Å². The van der Waals surface area contributed by atoms with Crippen LogP contribution >= 0.6 is 0 Å². The molecular formula is C33H39N2O5. The van der Waals surface area contributed by atoms with Crippen LogP contribution in [0.4, 0.5) is 4.79 Å². The number of carbonyl (C=O) groups is 3. The van der Waals surface area contributed by atoms with Gasteiger partial charge < -0.3 is 20.5 Å². The van der Waals surface area contributed by atoms with E-state index in [4.69, 9.17) is 4.74 Å². The van der Waals surface area contributed by atoms with E-state index in [1.165, 1.54) is 0 Å². The molecule has 3 N–H and O–H groups in total. The Morgan fingerprint density at radius 2 is 1.48 bits per heavy atom. The summed E-state index contributed by atoms with van der Waals surface area (Å²) in [5, 5.41) is 15.2. The van der Waals surface area contributed by atoms with Crippen molar-refractivity contribution in [2.45, 2.75) is 65.1 Å². The van der Waals surface area contributed by atoms with Crippen molar-refractivity contribution in [3.05, 3.63) is 108 Å². The molecule has 7 heteroatoms. The van der Waals surface area contributed by atoms with E-state index in [-0.39, 0.29) is 23.9 Å². The zero-order valence-corrected chi connectivity index (χ0v) is 23.8. The Kier molecular flexibility index (Phi) is 10.5. The third-order valence-electron chi connectivity index (χ3n) is 6.25. The lowest BCUT2D eigenvalue weighted by molar-refractivity contribution is -0.128. The van der Waals surface area contributed by atoms with E-state index in [0.717, 1.165) is 22.3 Å². The number of rotatable bonds is 11. The molecule has 7 nitrogen and oxygen atoms in total. The second-order valence-corrected chi connectivity index (χ2v) is 11.2. The van der Waals surface area contributed by atoms with Crippen molar-refractivity contribution in [2.24, 2.45) is 5.92 Å². The van der Waals surface area contributed by atoms with Gasteiger partial charge in [0.2, 0.25) is 5.91 Å². The number of hydrogen-bond donors (Lipinski definition) is 3. The lowest BCUT2D eigenvalue weighted by Gasteiger charge is -2.27. The SMILES string of the molecule is CC(C)[C@H](NC(=O)OC(C)(C)C)C(=O)N[C@@H](Cc1ccc(O)cc1)C(=O)[CH]c1ccccc1Cc1ccccc1. The predicted molar refractivity (Wildman–Crippen MR) is 156 cm³/mol. The average Bonchev–Trinajstić information content (AvgIpc) is 2.88. The lowest BCUT2D eigenvalue weighted by atomic mass is 9.92. The summed E-state index contributed by atoms with van der Waals surface area (Å²) >= 11 is 0. The number of aromatic hydroxyl groups is 1. The molecule has 0 fully saturated rings. The molecule has 1 radical (unpaired) electrons. The molecule has 0 saturated carbocycles. The second kappa shape index (κ2) is 13.8. The molecule has 0 bridgehead atoms. The molecule has 3 aromatic rings. The van der Waals surface area contributed by atoms with Gasteiger partial charge in [0.05, 0.1) is 12.5 Å². The fourth-order valence-corrected chi connectivity index (χ4v) is 4.23. The highest BCUT2D eigenvalue weighted by Gasteiger charge is 2.30. The van der Waals surface area contributed by atoms with Gasteiger partial charge in [0, 0.05) is 0 Å². The molecule has 0 aliphatic rings. The summed E-state index contributed by atoms with van der Waals surface area (Å²) in [6.45, 7) is 8.85. The van der Waals surface area contributed by atoms with Gasteiger partial charge in [0.25, 0.3) is 0 Å². The van der Waals surface area contributed by atoms with Gasteiger partial charge in [0.1, 0.15) is 17.4 Å². The molecule has 0 saturated heterocycles. The number of alkyl carbamates (subject to hydrolysis) is 1. The normalized spacial score (nSPS) is 12.8. The molecule has 2 atom stereocenters. The van der Waals surface area contributed by atoms with Crippen LogP contribution in [0.2, 0.25) is 0 Å². The van der Waals surface area contributed by atoms with Gasteiger partial charge >= 0.3 is 6.09 Å². The third-order valence-corrected chi connectivity index (χ3v) is 6.25. The van der Waals surface area contributed by atoms with Crippen LogP contribution in [0, 0.1) is 12.3 Å². The molecular weight excluding hydrogens is 504 g/mol. The van der Waals surface area contributed by atoms with Gasteiger partial charge in [-0.1, -0.05) is 80.6 Å². The molecule has 0 aliphatic carbocycles. The molecule has 0 aromatic heterocycles. The van der Waals surface area contributed by atoms with Crippen molar-refractivity contribution in [1.82, 2.24) is 10.6 Å². The van der Waals surface area contributed by atoms with Crippen molar-refractivity contribution in [1.29, 1.82) is 0 Å². The molecule has 40 heavy (non-hydrogen) atoms. The van der Waals surface area contributed by atoms with Crippen LogP contribution in [0.3, 0.4) is 0 Å². The molecule has 2 amide bonds. The minimum atomic E-state index is -0.907. The minimum absolute atomic E-state index is 0.110. The first-order valence-electron chi connectivity index (χ1n) is 13.5. The number of carbonyl (C=O) groups excluding carboxylic acids is 3. The van der Waals surface area contributed by atoms with Gasteiger partial charge in [-0.25, -0.2) is 4.79 Å². The number of phenols is 1. The van der Waals surface area contributed by atoms with Crippen LogP contribution in [0.15, 0.2) is 78.9 Å². The Bertz CT molecular complexity index is 1280. The quantitative estimate of drug-likeness (QED) is 0.301. The maximum absolute atomic E-state index is 13.7. The maximum Gasteiger partial charge on any atom is 0.408 e. The Morgan fingerprint density at radius 3 is 2.10 bits per heavy atom. The number of nitrogens with one attached hydrogen (secondary N) is 2. The first kappa shape index (κ1) is 30.4. The van der Waals surface area contributed by atoms with Crippen molar-refractivity contribution in [3.8, 4) is 5.75 Å². The fraction of sp³-hybridized carbons (Fsp3) is 0.333. The Labute approximate surface area is 237 Å². The Balaban J connectivity index is 1.82. The predicted octanol–water partition coefficient (Wildman–Crippen LogP) is 5.38. The molecule has 3 aromatic carbocycles. The van der Waals surface area contributed by atoms with Gasteiger partial charge in [-0.3, -0.25) is 9.59 Å². The third kappa shape index (κ3) is 9.56. The monoisotopic (exact) mass is 543 g/mol. The van der Waals surface area contributed by atoms with E-state index < -0.39 is 29.7 Å². The summed E-state index contributed by atoms with van der Waals surface area (Å²) in [5.74, 6) is -0.906. The van der Waals surface area contributed by atoms with Crippen molar-refractivity contribution in [3.63, 3.8) is 0 Å². The summed E-state index contributed by atoms with van der Waals surface area (Å²) in [4.78, 5) is 39.6. The zero-order valence-electron chi connectivity index (χ0n) is 23.8. The van der Waals surface area contributed by atoms with Gasteiger partial charge in [-0.2, -0.15) is 0 Å². The van der Waals surface area contributed by atoms with Gasteiger partial charge in [0.15, 0.2) is 5.78 Å². The first-order valence-corrected chi connectivity index (χ1v) is 13.5. The van der Waals surface area contributed by atoms with Crippen molar-refractivity contribution < 1.29 is 24.2 Å². The highest BCUT2D eigenvalue weighted by Crippen LogP contribution is 2.19. The van der Waals surface area contributed by atoms with Crippen LogP contribution in [0.5, 0.6) is 5.75 Å². The zero-order chi connectivity index (χ0) is 29.3. The van der Waals surface area contributed by atoms with E-state index >= 15 is 0 Å². The molecule has 0 heterocycles. The number of amides is 2. The Morgan fingerprint density at radius 1 is 0.850 bits per heavy atom. The van der Waals surface area contributed by atoms with E-state index in [0.29, 0.717) is 6.42 Å². The maximum atomic E-state index is 13.7. The number of Topliss-reactive ketones (excluding diaryl/α,β-unsaturated/α-hetero) is 1. The summed E-state index contributed by atoms with van der Waals surface area (Å²) in [7, 11) is 0. The lowest BCUT2D eigenvalue weighted by Crippen LogP contribution is -2.54. The summed E-state index contributed by atoms with van der Waals surface area (Å²) in [5.41, 5.74) is 2.93. The summed E-state index contributed by atoms with van der Waals surface area (Å²) < 4.78 is 5.34. The van der Waals surface area contributed by atoms with Crippen LogP contribution in [-0.4, -0.2) is 40.6 Å². The fourth-order valence-electron chi connectivity index (χ4n) is 4.23. The van der Waals surface area contributed by atoms with Gasteiger partial charge in [-0.15, -0.1) is 0 Å². The molecule has 211 valence electrons. The number of hydrogen-bond acceptors (Lipinski definition) is 5. The highest BCUT2D eigenvalue weighted by atomic mass is 16.6. The smallest absolute Gasteiger partial charge is 0.408 e. The highest BCUT2D eigenvalue weighted by molar-refractivity contribution is 5.99. The molecule has 3 rings (SSSR count). The van der Waals surface area contributed by atoms with Crippen molar-refractivity contribution >= 4 is 17.8 Å². The second-order valence-electron chi connectivity index (χ2n) is 11.2. The number of benzene rings is 3. The van der Waals surface area contributed by atoms with Crippen LogP contribution in [0.25, 0.3) is 0 Å². The van der Waals surface area contributed by atoms with Crippen LogP contribution in [0.1, 0.15) is 56.9 Å². The van der Waals surface area contributed by atoms with E-state index in [2.05, 4.69) is 10.6 Å². The van der Waals surface area contributed by atoms with Crippen LogP contribution in [-0.2, 0) is 27.2 Å². The Hall–Kier alpha value is -4.13. The summed E-state index contributed by atoms with van der Waals surface area (Å²) in [6.07, 6.45) is 1.73. The number of ether oxygens (including phenoxy) is 1. The van der Waals surface area contributed by atoms with Gasteiger partial charge in [-0.05, 0) is 73.9 Å². The topological polar surface area (TPSA) is 105 Å². The molecule has 0 unspecified atom stereocenters. The standard InChI is InChI=1S/C33H39N2O5/c1-22(2)30(35-32(39)40-33(3,4)5)31(38)34-28(20-24-15-17-27(36)18-16-24)29(37)21-26-14-10-9-13-25(26)19-23-11-7-6-8-12-23/h6-18,21-22,28,30,36H,19-20H2,1-5H3,(H,34,38)(H,35,39)/t28-,30-/m0/s1. The largest absolute Gasteiger partial charge is 0.508 e. The van der Waals surface area contributed by atoms with E-state index in [1.807, 2.05) is 68.4 Å². The van der Waals surface area contributed by atoms with Crippen LogP contribution < -0.4 is 10.6 Å². The minimum Gasteiger partial charge on any atom is -0.508 e. The average molecular weight is 544 g/mol. The van der Waals surface area contributed by atoms with E-state index in [9.17, 15) is 19.5 Å². The van der Waals surface area contributed by atoms with Crippen molar-refractivity contribution in [2.75, 3.05) is 0 Å². The summed E-state index contributed by atoms with van der Waals surface area (Å²) in [6, 6.07) is 22.4. The molecule has 0 spiro atoms. The first-order chi connectivity index (χ1) is 18.9. The molecule has 0 aliphatic heterocycles. The number of ketones is 1. The number of phenolic OH excluding ortho intramolecular Hbond substituents is 1.